The third-order valence-electron chi connectivity index (χ3n) is 3.00. The van der Waals surface area contributed by atoms with Crippen LogP contribution in [-0.4, -0.2) is 24.7 Å². The highest BCUT2D eigenvalue weighted by Gasteiger charge is 2.08. The lowest BCUT2D eigenvalue weighted by atomic mass is 10.1. The molecule has 0 atom stereocenters. The predicted octanol–water partition coefficient (Wildman–Crippen LogP) is 4.00. The normalized spacial score (nSPS) is 10.2. The summed E-state index contributed by atoms with van der Waals surface area (Å²) in [5, 5.41) is 3.28. The van der Waals surface area contributed by atoms with Crippen LogP contribution < -0.4 is 5.32 Å². The molecule has 0 heterocycles. The maximum Gasteiger partial charge on any atom is 0.337 e. The molecule has 2 rings (SSSR count). The molecule has 0 fully saturated rings. The van der Waals surface area contributed by atoms with Gasteiger partial charge in [0.2, 0.25) is 5.91 Å². The number of hydrogen-bond donors (Lipinski definition) is 1. The molecule has 0 spiro atoms. The first-order chi connectivity index (χ1) is 11.1. The summed E-state index contributed by atoms with van der Waals surface area (Å²) < 4.78 is 4.69. The van der Waals surface area contributed by atoms with Crippen LogP contribution in [0.2, 0.25) is 5.02 Å². The first-order valence-electron chi connectivity index (χ1n) is 6.89. The van der Waals surface area contributed by atoms with Gasteiger partial charge in [0.05, 0.1) is 29.1 Å². The lowest BCUT2D eigenvalue weighted by Gasteiger charge is -2.07. The fraction of sp³-hybridized carbons (Fsp3) is 0.176. The smallest absolute Gasteiger partial charge is 0.337 e. The van der Waals surface area contributed by atoms with Gasteiger partial charge in [-0.3, -0.25) is 4.79 Å². The molecule has 120 valence electrons. The zero-order chi connectivity index (χ0) is 16.7. The maximum absolute atomic E-state index is 11.9. The van der Waals surface area contributed by atoms with E-state index in [0.29, 0.717) is 27.8 Å². The van der Waals surface area contributed by atoms with Crippen molar-refractivity contribution in [3.05, 3.63) is 64.7 Å². The number of thioether (sulfide) groups is 1. The number of methoxy groups -OCH3 is 1. The summed E-state index contributed by atoms with van der Waals surface area (Å²) in [6.45, 7) is 0. The number of benzene rings is 2. The molecule has 6 heteroatoms. The van der Waals surface area contributed by atoms with Crippen LogP contribution >= 0.6 is 23.4 Å². The molecule has 23 heavy (non-hydrogen) atoms. The van der Waals surface area contributed by atoms with Gasteiger partial charge in [0, 0.05) is 5.75 Å². The molecular formula is C17H16ClNO3S. The Bertz CT molecular complexity index is 706. The highest BCUT2D eigenvalue weighted by Crippen LogP contribution is 2.21. The second kappa shape index (κ2) is 8.60. The molecule has 0 unspecified atom stereocenters. The molecule has 0 aliphatic carbocycles. The number of amides is 1. The van der Waals surface area contributed by atoms with E-state index >= 15 is 0 Å². The zero-order valence-corrected chi connectivity index (χ0v) is 14.1. The van der Waals surface area contributed by atoms with E-state index in [1.165, 1.54) is 18.9 Å². The summed E-state index contributed by atoms with van der Waals surface area (Å²) in [6.07, 6.45) is 0. The van der Waals surface area contributed by atoms with E-state index in [2.05, 4.69) is 10.1 Å². The van der Waals surface area contributed by atoms with Gasteiger partial charge in [-0.25, -0.2) is 4.79 Å². The number of hydrogen-bond acceptors (Lipinski definition) is 4. The molecule has 4 nitrogen and oxygen atoms in total. The van der Waals surface area contributed by atoms with Crippen LogP contribution in [0.5, 0.6) is 0 Å². The van der Waals surface area contributed by atoms with E-state index in [4.69, 9.17) is 11.6 Å². The van der Waals surface area contributed by atoms with Gasteiger partial charge >= 0.3 is 5.97 Å². The summed E-state index contributed by atoms with van der Waals surface area (Å²) in [6, 6.07) is 14.3. The number of nitrogens with one attached hydrogen (secondary N) is 1. The standard InChI is InChI=1S/C17H16ClNO3S/c1-22-17(21)13-6-4-5-12(9-13)10-23-11-16(20)19-15-8-3-2-7-14(15)18/h2-9H,10-11H2,1H3,(H,19,20). The van der Waals surface area contributed by atoms with Crippen LogP contribution in [0.15, 0.2) is 48.5 Å². The van der Waals surface area contributed by atoms with Crippen molar-refractivity contribution in [2.75, 3.05) is 18.2 Å². The SMILES string of the molecule is COC(=O)c1cccc(CSCC(=O)Nc2ccccc2Cl)c1. The maximum atomic E-state index is 11.9. The van der Waals surface area contributed by atoms with Crippen molar-refractivity contribution < 1.29 is 14.3 Å². The second-order valence-corrected chi connectivity index (χ2v) is 6.11. The first-order valence-corrected chi connectivity index (χ1v) is 8.43. The Labute approximate surface area is 144 Å². The molecule has 1 amide bonds. The van der Waals surface area contributed by atoms with Crippen LogP contribution in [-0.2, 0) is 15.3 Å². The summed E-state index contributed by atoms with van der Waals surface area (Å²) >= 11 is 7.45. The lowest BCUT2D eigenvalue weighted by Crippen LogP contribution is -2.14. The molecular weight excluding hydrogens is 334 g/mol. The van der Waals surface area contributed by atoms with Gasteiger partial charge in [0.15, 0.2) is 0 Å². The fourth-order valence-electron chi connectivity index (χ4n) is 1.92. The topological polar surface area (TPSA) is 55.4 Å². The minimum absolute atomic E-state index is 0.118. The number of esters is 1. The number of para-hydroxylation sites is 1. The summed E-state index contributed by atoms with van der Waals surface area (Å²) in [5.41, 5.74) is 2.07. The van der Waals surface area contributed by atoms with Gasteiger partial charge in [0.25, 0.3) is 0 Å². The molecule has 0 radical (unpaired) electrons. The van der Waals surface area contributed by atoms with Crippen LogP contribution in [0.4, 0.5) is 5.69 Å². The Kier molecular flexibility index (Phi) is 6.50. The number of carbonyl (C=O) groups is 2. The third-order valence-corrected chi connectivity index (χ3v) is 4.33. The lowest BCUT2D eigenvalue weighted by molar-refractivity contribution is -0.113. The van der Waals surface area contributed by atoms with Gasteiger partial charge in [-0.15, -0.1) is 11.8 Å². The van der Waals surface area contributed by atoms with Crippen molar-refractivity contribution >= 4 is 40.9 Å². The second-order valence-electron chi connectivity index (χ2n) is 4.71. The molecule has 2 aromatic carbocycles. The molecule has 1 N–H and O–H groups in total. The Morgan fingerprint density at radius 2 is 1.96 bits per heavy atom. The van der Waals surface area contributed by atoms with Crippen LogP contribution in [0.25, 0.3) is 0 Å². The van der Waals surface area contributed by atoms with Crippen molar-refractivity contribution in [3.8, 4) is 0 Å². The number of carbonyl (C=O) groups excluding carboxylic acids is 2. The monoisotopic (exact) mass is 349 g/mol. The molecule has 0 saturated heterocycles. The Morgan fingerprint density at radius 3 is 2.70 bits per heavy atom. The average Bonchev–Trinajstić information content (AvgIpc) is 2.56. The molecule has 0 bridgehead atoms. The Morgan fingerprint density at radius 1 is 1.17 bits per heavy atom. The fourth-order valence-corrected chi connectivity index (χ4v) is 2.87. The molecule has 0 aliphatic heterocycles. The van der Waals surface area contributed by atoms with Gasteiger partial charge in [-0.05, 0) is 29.8 Å². The quantitative estimate of drug-likeness (QED) is 0.801. The predicted molar refractivity (Wildman–Crippen MR) is 94.0 cm³/mol. The summed E-state index contributed by atoms with van der Waals surface area (Å²) in [4.78, 5) is 23.4. The van der Waals surface area contributed by atoms with Crippen molar-refractivity contribution in [3.63, 3.8) is 0 Å². The van der Waals surface area contributed by atoms with Crippen molar-refractivity contribution in [1.29, 1.82) is 0 Å². The average molecular weight is 350 g/mol. The van der Waals surface area contributed by atoms with E-state index in [1.54, 1.807) is 36.4 Å². The van der Waals surface area contributed by atoms with Gasteiger partial charge in [-0.2, -0.15) is 0 Å². The van der Waals surface area contributed by atoms with Crippen LogP contribution in [0.3, 0.4) is 0 Å². The number of rotatable bonds is 6. The van der Waals surface area contributed by atoms with Crippen molar-refractivity contribution in [2.24, 2.45) is 0 Å². The van der Waals surface area contributed by atoms with Crippen LogP contribution in [0.1, 0.15) is 15.9 Å². The van der Waals surface area contributed by atoms with Gasteiger partial charge < -0.3 is 10.1 Å². The van der Waals surface area contributed by atoms with E-state index in [0.717, 1.165) is 5.56 Å². The van der Waals surface area contributed by atoms with Gasteiger partial charge in [0.1, 0.15) is 0 Å². The number of anilines is 1. The summed E-state index contributed by atoms with van der Waals surface area (Å²) in [7, 11) is 1.35. The van der Waals surface area contributed by atoms with E-state index in [9.17, 15) is 9.59 Å². The van der Waals surface area contributed by atoms with E-state index in [-0.39, 0.29) is 11.9 Å². The number of halogens is 1. The van der Waals surface area contributed by atoms with Crippen molar-refractivity contribution in [2.45, 2.75) is 5.75 Å². The summed E-state index contributed by atoms with van der Waals surface area (Å²) in [5.74, 6) is 0.439. The minimum atomic E-state index is -0.367. The van der Waals surface area contributed by atoms with Gasteiger partial charge in [-0.1, -0.05) is 35.9 Å². The molecule has 2 aromatic rings. The Hall–Kier alpha value is -1.98. The Balaban J connectivity index is 1.84. The highest BCUT2D eigenvalue weighted by atomic mass is 35.5. The van der Waals surface area contributed by atoms with E-state index in [1.807, 2.05) is 12.1 Å². The highest BCUT2D eigenvalue weighted by molar-refractivity contribution is 7.99. The molecule has 0 saturated carbocycles. The zero-order valence-electron chi connectivity index (χ0n) is 12.5. The largest absolute Gasteiger partial charge is 0.465 e. The van der Waals surface area contributed by atoms with E-state index < -0.39 is 0 Å². The minimum Gasteiger partial charge on any atom is -0.465 e. The first kappa shape index (κ1) is 17.4. The molecule has 0 aromatic heterocycles. The van der Waals surface area contributed by atoms with Crippen molar-refractivity contribution in [1.82, 2.24) is 0 Å². The third kappa shape index (κ3) is 5.30. The van der Waals surface area contributed by atoms with Crippen LogP contribution in [0, 0.1) is 0 Å². The number of ether oxygens (including phenoxy) is 1. The molecule has 0 aliphatic rings.